The van der Waals surface area contributed by atoms with E-state index in [0.717, 1.165) is 28.6 Å². The quantitative estimate of drug-likeness (QED) is 0.852. The Morgan fingerprint density at radius 1 is 1.30 bits per heavy atom. The van der Waals surface area contributed by atoms with Crippen molar-refractivity contribution in [3.8, 4) is 5.75 Å². The highest BCUT2D eigenvalue weighted by atomic mass is 32.1. The van der Waals surface area contributed by atoms with E-state index in [4.69, 9.17) is 10.5 Å². The molecule has 1 aromatic heterocycles. The normalized spacial score (nSPS) is 11.3. The van der Waals surface area contributed by atoms with E-state index in [1.807, 2.05) is 50.4 Å². The third kappa shape index (κ3) is 6.00. The van der Waals surface area contributed by atoms with Crippen LogP contribution in [0.25, 0.3) is 0 Å². The van der Waals surface area contributed by atoms with Crippen LogP contribution in [0.1, 0.15) is 31.5 Å². The van der Waals surface area contributed by atoms with Gasteiger partial charge in [0, 0.05) is 17.5 Å². The Kier molecular flexibility index (Phi) is 5.74. The minimum absolute atomic E-state index is 0.0842. The molecule has 0 spiro atoms. The molecular weight excluding hydrogens is 310 g/mol. The zero-order chi connectivity index (χ0) is 16.9. The van der Waals surface area contributed by atoms with Gasteiger partial charge < -0.3 is 15.8 Å². The van der Waals surface area contributed by atoms with Gasteiger partial charge in [0.2, 0.25) is 5.91 Å². The van der Waals surface area contributed by atoms with Crippen molar-refractivity contribution < 1.29 is 9.53 Å². The van der Waals surface area contributed by atoms with E-state index in [2.05, 4.69) is 10.3 Å². The number of nitrogens with two attached hydrogens (primary N) is 1. The predicted molar refractivity (Wildman–Crippen MR) is 94.0 cm³/mol. The molecule has 0 bridgehead atoms. The number of benzene rings is 1. The Morgan fingerprint density at radius 2 is 2.00 bits per heavy atom. The highest BCUT2D eigenvalue weighted by Gasteiger charge is 2.12. The predicted octanol–water partition coefficient (Wildman–Crippen LogP) is 3.00. The zero-order valence-electron chi connectivity index (χ0n) is 13.8. The van der Waals surface area contributed by atoms with Crippen molar-refractivity contribution in [1.29, 1.82) is 0 Å². The number of thiazole rings is 1. The second-order valence-corrected chi connectivity index (χ2v) is 7.18. The van der Waals surface area contributed by atoms with Crippen molar-refractivity contribution in [1.82, 2.24) is 4.98 Å². The molecule has 0 atom stereocenters. The van der Waals surface area contributed by atoms with Gasteiger partial charge in [-0.25, -0.2) is 4.98 Å². The maximum absolute atomic E-state index is 12.1. The third-order valence-corrected chi connectivity index (χ3v) is 3.82. The van der Waals surface area contributed by atoms with E-state index in [-0.39, 0.29) is 17.9 Å². The van der Waals surface area contributed by atoms with Crippen LogP contribution in [0.4, 0.5) is 5.69 Å². The van der Waals surface area contributed by atoms with Crippen LogP contribution in [0.3, 0.4) is 0 Å². The SMILES string of the molecule is CC(C)(C)Oc1ccc(NC(=O)Cc2csc(CCN)n2)cc1. The number of hydrogen-bond acceptors (Lipinski definition) is 5. The molecule has 1 aromatic carbocycles. The van der Waals surface area contributed by atoms with Crippen LogP contribution < -0.4 is 15.8 Å². The van der Waals surface area contributed by atoms with Crippen LogP contribution in [0.5, 0.6) is 5.75 Å². The lowest BCUT2D eigenvalue weighted by Crippen LogP contribution is -2.22. The fraction of sp³-hybridized carbons (Fsp3) is 0.412. The number of aromatic nitrogens is 1. The highest BCUT2D eigenvalue weighted by molar-refractivity contribution is 7.09. The molecule has 0 radical (unpaired) electrons. The van der Waals surface area contributed by atoms with Crippen molar-refractivity contribution in [3.63, 3.8) is 0 Å². The lowest BCUT2D eigenvalue weighted by atomic mass is 10.2. The smallest absolute Gasteiger partial charge is 0.230 e. The van der Waals surface area contributed by atoms with Gasteiger partial charge in [0.15, 0.2) is 0 Å². The van der Waals surface area contributed by atoms with E-state index in [0.29, 0.717) is 6.54 Å². The molecule has 2 rings (SSSR count). The van der Waals surface area contributed by atoms with Gasteiger partial charge in [-0.05, 0) is 51.6 Å². The van der Waals surface area contributed by atoms with Crippen molar-refractivity contribution in [3.05, 3.63) is 40.3 Å². The van der Waals surface area contributed by atoms with Crippen LogP contribution in [0, 0.1) is 0 Å². The second-order valence-electron chi connectivity index (χ2n) is 6.24. The molecule has 0 unspecified atom stereocenters. The molecule has 0 aliphatic carbocycles. The fourth-order valence-electron chi connectivity index (χ4n) is 2.00. The number of nitrogens with zero attached hydrogens (tertiary/aromatic N) is 1. The number of hydrogen-bond donors (Lipinski definition) is 2. The minimum Gasteiger partial charge on any atom is -0.488 e. The van der Waals surface area contributed by atoms with E-state index >= 15 is 0 Å². The monoisotopic (exact) mass is 333 g/mol. The number of carbonyl (C=O) groups excluding carboxylic acids is 1. The molecule has 0 fully saturated rings. The number of anilines is 1. The fourth-order valence-corrected chi connectivity index (χ4v) is 2.81. The average molecular weight is 333 g/mol. The Labute approximate surface area is 140 Å². The number of nitrogens with one attached hydrogen (secondary N) is 1. The molecule has 1 amide bonds. The molecule has 124 valence electrons. The van der Waals surface area contributed by atoms with Gasteiger partial charge >= 0.3 is 0 Å². The maximum Gasteiger partial charge on any atom is 0.230 e. The summed E-state index contributed by atoms with van der Waals surface area (Å²) in [5, 5.41) is 5.75. The third-order valence-electron chi connectivity index (χ3n) is 2.86. The first-order chi connectivity index (χ1) is 10.9. The van der Waals surface area contributed by atoms with Crippen LogP contribution >= 0.6 is 11.3 Å². The van der Waals surface area contributed by atoms with Gasteiger partial charge in [0.05, 0.1) is 17.1 Å². The average Bonchev–Trinajstić information content (AvgIpc) is 2.87. The molecule has 0 saturated heterocycles. The van der Waals surface area contributed by atoms with Crippen molar-refractivity contribution in [2.24, 2.45) is 5.73 Å². The largest absolute Gasteiger partial charge is 0.488 e. The Balaban J connectivity index is 1.89. The summed E-state index contributed by atoms with van der Waals surface area (Å²) in [6.07, 6.45) is 1.02. The van der Waals surface area contributed by atoms with Gasteiger partial charge in [0.1, 0.15) is 11.4 Å². The lowest BCUT2D eigenvalue weighted by molar-refractivity contribution is -0.115. The van der Waals surface area contributed by atoms with Gasteiger partial charge in [-0.1, -0.05) is 0 Å². The first-order valence-electron chi connectivity index (χ1n) is 7.58. The molecule has 5 nitrogen and oxygen atoms in total. The minimum atomic E-state index is -0.239. The van der Waals surface area contributed by atoms with Crippen LogP contribution in [-0.4, -0.2) is 23.0 Å². The van der Waals surface area contributed by atoms with Crippen molar-refractivity contribution in [2.75, 3.05) is 11.9 Å². The Hall–Kier alpha value is -1.92. The zero-order valence-corrected chi connectivity index (χ0v) is 14.6. The Bertz CT molecular complexity index is 645. The summed E-state index contributed by atoms with van der Waals surface area (Å²) in [5.74, 6) is 0.695. The molecule has 6 heteroatoms. The van der Waals surface area contributed by atoms with Gasteiger partial charge in [-0.3, -0.25) is 4.79 Å². The van der Waals surface area contributed by atoms with E-state index < -0.39 is 0 Å². The molecule has 3 N–H and O–H groups in total. The number of amides is 1. The molecule has 0 saturated carbocycles. The van der Waals surface area contributed by atoms with Crippen LogP contribution in [0.15, 0.2) is 29.6 Å². The molecule has 23 heavy (non-hydrogen) atoms. The molecule has 0 aliphatic heterocycles. The first-order valence-corrected chi connectivity index (χ1v) is 8.46. The standard InChI is InChI=1S/C17H23N3O2S/c1-17(2,3)22-14-6-4-12(5-7-14)19-15(21)10-13-11-23-16(20-13)8-9-18/h4-7,11H,8-10,18H2,1-3H3,(H,19,21). The number of ether oxygens (including phenoxy) is 1. The van der Waals surface area contributed by atoms with Gasteiger partial charge in [0.25, 0.3) is 0 Å². The van der Waals surface area contributed by atoms with Crippen molar-refractivity contribution >= 4 is 22.9 Å². The second kappa shape index (κ2) is 7.57. The first kappa shape index (κ1) is 17.4. The Morgan fingerprint density at radius 3 is 2.61 bits per heavy atom. The number of rotatable bonds is 6. The van der Waals surface area contributed by atoms with Crippen LogP contribution in [-0.2, 0) is 17.6 Å². The summed E-state index contributed by atoms with van der Waals surface area (Å²) in [6, 6.07) is 7.37. The van der Waals surface area contributed by atoms with Crippen LogP contribution in [0.2, 0.25) is 0 Å². The topological polar surface area (TPSA) is 77.2 Å². The summed E-state index contributed by atoms with van der Waals surface area (Å²) in [6.45, 7) is 6.56. The summed E-state index contributed by atoms with van der Waals surface area (Å²) in [4.78, 5) is 16.5. The summed E-state index contributed by atoms with van der Waals surface area (Å²) in [5.41, 5.74) is 6.79. The summed E-state index contributed by atoms with van der Waals surface area (Å²) < 4.78 is 5.75. The van der Waals surface area contributed by atoms with Gasteiger partial charge in [-0.15, -0.1) is 11.3 Å². The van der Waals surface area contributed by atoms with E-state index in [1.54, 1.807) is 11.3 Å². The molecule has 2 aromatic rings. The molecule has 0 aliphatic rings. The van der Waals surface area contributed by atoms with Crippen molar-refractivity contribution in [2.45, 2.75) is 39.2 Å². The molecule has 1 heterocycles. The summed E-state index contributed by atoms with van der Waals surface area (Å²) >= 11 is 1.54. The van der Waals surface area contributed by atoms with E-state index in [9.17, 15) is 4.79 Å². The number of carbonyl (C=O) groups is 1. The highest BCUT2D eigenvalue weighted by Crippen LogP contribution is 2.20. The maximum atomic E-state index is 12.1. The molecular formula is C17H23N3O2S. The lowest BCUT2D eigenvalue weighted by Gasteiger charge is -2.21. The van der Waals surface area contributed by atoms with E-state index in [1.165, 1.54) is 0 Å². The van der Waals surface area contributed by atoms with Gasteiger partial charge in [-0.2, -0.15) is 0 Å². The summed E-state index contributed by atoms with van der Waals surface area (Å²) in [7, 11) is 0.